The molecule has 0 fully saturated rings. The summed E-state index contributed by atoms with van der Waals surface area (Å²) in [6, 6.07) is 4.76. The van der Waals surface area contributed by atoms with E-state index in [2.05, 4.69) is 0 Å². The van der Waals surface area contributed by atoms with Gasteiger partial charge in [-0.2, -0.15) is 13.2 Å². The van der Waals surface area contributed by atoms with Gasteiger partial charge in [-0.15, -0.1) is 0 Å². The predicted molar refractivity (Wildman–Crippen MR) is 66.1 cm³/mol. The highest BCUT2D eigenvalue weighted by Gasteiger charge is 2.32. The molecular weight excluding hydrogens is 260 g/mol. The maximum absolute atomic E-state index is 13.5. The Morgan fingerprint density at radius 1 is 1.21 bits per heavy atom. The summed E-state index contributed by atoms with van der Waals surface area (Å²) >= 11 is 0. The van der Waals surface area contributed by atoms with E-state index in [4.69, 9.17) is 5.73 Å². The first-order valence-electron chi connectivity index (χ1n) is 6.01. The molecule has 0 heterocycles. The van der Waals surface area contributed by atoms with Crippen molar-refractivity contribution in [1.29, 1.82) is 0 Å². The maximum atomic E-state index is 13.5. The second-order valence-electron chi connectivity index (χ2n) is 4.77. The molecule has 1 aromatic rings. The van der Waals surface area contributed by atoms with Crippen LogP contribution in [0.25, 0.3) is 0 Å². The zero-order valence-corrected chi connectivity index (χ0v) is 10.9. The summed E-state index contributed by atoms with van der Waals surface area (Å²) < 4.78 is 50.8. The number of halogens is 4. The van der Waals surface area contributed by atoms with Crippen molar-refractivity contribution in [3.63, 3.8) is 0 Å². The van der Waals surface area contributed by atoms with Crippen LogP contribution in [-0.2, 0) is 0 Å². The summed E-state index contributed by atoms with van der Waals surface area (Å²) in [5, 5.41) is 0. The van der Waals surface area contributed by atoms with Crippen molar-refractivity contribution in [2.75, 3.05) is 13.1 Å². The molecular formula is C13H18F4N2. The normalized spacial score (nSPS) is 14.2. The molecule has 0 saturated heterocycles. The lowest BCUT2D eigenvalue weighted by Crippen LogP contribution is -2.43. The minimum absolute atomic E-state index is 0.0435. The van der Waals surface area contributed by atoms with Gasteiger partial charge in [-0.25, -0.2) is 4.39 Å². The summed E-state index contributed by atoms with van der Waals surface area (Å²) in [5.74, 6) is -0.495. The van der Waals surface area contributed by atoms with Gasteiger partial charge in [-0.05, 0) is 19.9 Å². The number of nitrogens with zero attached hydrogens (tertiary/aromatic N) is 1. The smallest absolute Gasteiger partial charge is 0.323 e. The fraction of sp³-hybridized carbons (Fsp3) is 0.538. The lowest BCUT2D eigenvalue weighted by molar-refractivity contribution is -0.150. The molecule has 6 heteroatoms. The van der Waals surface area contributed by atoms with Gasteiger partial charge in [0.15, 0.2) is 0 Å². The highest BCUT2D eigenvalue weighted by Crippen LogP contribution is 2.21. The zero-order valence-electron chi connectivity index (χ0n) is 10.9. The molecule has 0 amide bonds. The molecule has 0 aromatic heterocycles. The molecule has 2 N–H and O–H groups in total. The average Bonchev–Trinajstić information content (AvgIpc) is 2.26. The highest BCUT2D eigenvalue weighted by molar-refractivity contribution is 5.21. The van der Waals surface area contributed by atoms with Crippen LogP contribution in [0.2, 0.25) is 0 Å². The number of hydrogen-bond donors (Lipinski definition) is 1. The Morgan fingerprint density at radius 3 is 2.26 bits per heavy atom. The lowest BCUT2D eigenvalue weighted by Gasteiger charge is -2.30. The summed E-state index contributed by atoms with van der Waals surface area (Å²) in [4.78, 5) is 1.19. The first kappa shape index (κ1) is 15.9. The molecule has 0 aliphatic heterocycles. The molecule has 2 nitrogen and oxygen atoms in total. The summed E-state index contributed by atoms with van der Waals surface area (Å²) in [5.41, 5.74) is 6.04. The van der Waals surface area contributed by atoms with Crippen molar-refractivity contribution in [2.45, 2.75) is 32.1 Å². The van der Waals surface area contributed by atoms with Crippen molar-refractivity contribution in [1.82, 2.24) is 4.90 Å². The second-order valence-corrected chi connectivity index (χ2v) is 4.77. The van der Waals surface area contributed by atoms with Crippen LogP contribution < -0.4 is 5.73 Å². The molecule has 1 unspecified atom stereocenters. The van der Waals surface area contributed by atoms with Crippen LogP contribution in [0, 0.1) is 5.82 Å². The van der Waals surface area contributed by atoms with E-state index in [9.17, 15) is 17.6 Å². The van der Waals surface area contributed by atoms with Crippen molar-refractivity contribution in [3.8, 4) is 0 Å². The number of rotatable bonds is 5. The van der Waals surface area contributed by atoms with E-state index in [1.54, 1.807) is 19.9 Å². The fourth-order valence-corrected chi connectivity index (χ4v) is 1.82. The zero-order chi connectivity index (χ0) is 14.6. The van der Waals surface area contributed by atoms with Crippen molar-refractivity contribution in [3.05, 3.63) is 35.6 Å². The third kappa shape index (κ3) is 5.16. The second kappa shape index (κ2) is 6.34. The van der Waals surface area contributed by atoms with Crippen molar-refractivity contribution >= 4 is 0 Å². The van der Waals surface area contributed by atoms with Crippen LogP contribution in [0.15, 0.2) is 24.3 Å². The molecule has 1 rings (SSSR count). The monoisotopic (exact) mass is 278 g/mol. The van der Waals surface area contributed by atoms with Crippen LogP contribution in [0.5, 0.6) is 0 Å². The molecule has 0 saturated carbocycles. The quantitative estimate of drug-likeness (QED) is 0.839. The van der Waals surface area contributed by atoms with Gasteiger partial charge in [0.1, 0.15) is 5.82 Å². The minimum atomic E-state index is -4.29. The van der Waals surface area contributed by atoms with E-state index in [0.29, 0.717) is 0 Å². The van der Waals surface area contributed by atoms with Crippen LogP contribution in [0.1, 0.15) is 25.5 Å². The summed E-state index contributed by atoms with van der Waals surface area (Å²) in [6.07, 6.45) is -4.29. The Labute approximate surface area is 110 Å². The SMILES string of the molecule is CC(C)N(CC(N)c1ccccc1F)CC(F)(F)F. The largest absolute Gasteiger partial charge is 0.401 e. The minimum Gasteiger partial charge on any atom is -0.323 e. The van der Waals surface area contributed by atoms with Gasteiger partial charge in [0, 0.05) is 24.2 Å². The molecule has 0 aliphatic rings. The first-order chi connectivity index (χ1) is 8.70. The van der Waals surface area contributed by atoms with Crippen molar-refractivity contribution < 1.29 is 17.6 Å². The maximum Gasteiger partial charge on any atom is 0.401 e. The summed E-state index contributed by atoms with van der Waals surface area (Å²) in [7, 11) is 0. The highest BCUT2D eigenvalue weighted by atomic mass is 19.4. The molecule has 1 atom stereocenters. The van der Waals surface area contributed by atoms with Gasteiger partial charge in [0.2, 0.25) is 0 Å². The number of alkyl halides is 3. The molecule has 0 aliphatic carbocycles. The molecule has 19 heavy (non-hydrogen) atoms. The van der Waals surface area contributed by atoms with Gasteiger partial charge >= 0.3 is 6.18 Å². The van der Waals surface area contributed by atoms with E-state index in [1.165, 1.54) is 23.1 Å². The molecule has 0 spiro atoms. The van der Waals surface area contributed by atoms with Gasteiger partial charge in [0.25, 0.3) is 0 Å². The standard InChI is InChI=1S/C13H18F4N2/c1-9(2)19(8-13(15,16)17)7-12(18)10-5-3-4-6-11(10)14/h3-6,9,12H,7-8,18H2,1-2H3. The average molecular weight is 278 g/mol. The van der Waals surface area contributed by atoms with E-state index in [0.717, 1.165) is 0 Å². The molecule has 108 valence electrons. The number of nitrogens with two attached hydrogens (primary N) is 1. The Hall–Kier alpha value is -1.14. The van der Waals surface area contributed by atoms with Crippen LogP contribution in [0.3, 0.4) is 0 Å². The van der Waals surface area contributed by atoms with Gasteiger partial charge in [-0.1, -0.05) is 18.2 Å². The summed E-state index contributed by atoms with van der Waals surface area (Å²) in [6.45, 7) is 2.21. The Bertz CT molecular complexity index is 404. The van der Waals surface area contributed by atoms with E-state index in [1.807, 2.05) is 0 Å². The lowest BCUT2D eigenvalue weighted by atomic mass is 10.1. The molecule has 0 bridgehead atoms. The van der Waals surface area contributed by atoms with Crippen LogP contribution >= 0.6 is 0 Å². The number of hydrogen-bond acceptors (Lipinski definition) is 2. The Morgan fingerprint density at radius 2 is 1.79 bits per heavy atom. The molecule has 0 radical (unpaired) electrons. The van der Waals surface area contributed by atoms with Crippen molar-refractivity contribution in [2.24, 2.45) is 5.73 Å². The topological polar surface area (TPSA) is 29.3 Å². The van der Waals surface area contributed by atoms with E-state index < -0.39 is 24.6 Å². The Balaban J connectivity index is 2.77. The Kier molecular flexibility index (Phi) is 5.31. The van der Waals surface area contributed by atoms with Gasteiger partial charge in [-0.3, -0.25) is 4.90 Å². The van der Waals surface area contributed by atoms with Gasteiger partial charge in [0.05, 0.1) is 6.54 Å². The predicted octanol–water partition coefficient (Wildman–Crippen LogP) is 3.10. The molecule has 1 aromatic carbocycles. The van der Waals surface area contributed by atoms with Crippen LogP contribution in [0.4, 0.5) is 17.6 Å². The van der Waals surface area contributed by atoms with E-state index >= 15 is 0 Å². The third-order valence-corrected chi connectivity index (χ3v) is 2.85. The third-order valence-electron chi connectivity index (χ3n) is 2.85. The van der Waals surface area contributed by atoms with Crippen LogP contribution in [-0.4, -0.2) is 30.2 Å². The van der Waals surface area contributed by atoms with Gasteiger partial charge < -0.3 is 5.73 Å². The first-order valence-corrected chi connectivity index (χ1v) is 6.01. The number of benzene rings is 1. The fourth-order valence-electron chi connectivity index (χ4n) is 1.82. The van der Waals surface area contributed by atoms with E-state index in [-0.39, 0.29) is 18.2 Å².